The number of hydrogen-bond acceptors (Lipinski definition) is 3. The fraction of sp³-hybridized carbons (Fsp3) is 0.143. The number of sulfonamides is 1. The van der Waals surface area contributed by atoms with E-state index in [0.29, 0.717) is 22.4 Å². The lowest BCUT2D eigenvalue weighted by molar-refractivity contribution is 0.413. The molecule has 1 unspecified atom stereocenters. The highest BCUT2D eigenvalue weighted by Gasteiger charge is 2.23. The zero-order chi connectivity index (χ0) is 20.5. The van der Waals surface area contributed by atoms with Gasteiger partial charge in [-0.15, -0.1) is 0 Å². The van der Waals surface area contributed by atoms with Gasteiger partial charge in [0.1, 0.15) is 17.4 Å². The monoisotopic (exact) mass is 403 g/mol. The maximum atomic E-state index is 14.4. The Hall–Kier alpha value is -2.77. The van der Waals surface area contributed by atoms with Crippen molar-refractivity contribution in [1.29, 1.82) is 0 Å². The van der Waals surface area contributed by atoms with Crippen LogP contribution in [-0.2, 0) is 10.0 Å². The standard InChI is InChI=1S/C21H19F2NO3S/c1-13(18-12-15(27-2)8-10-21(18)28(24,25)26)16-5-3-4-6-17(16)19-11-14(22)7-9-20(19)23/h3-13H,1-2H3,(H2,24,25,26). The average molecular weight is 403 g/mol. The lowest BCUT2D eigenvalue weighted by atomic mass is 9.87. The van der Waals surface area contributed by atoms with Crippen LogP contribution in [-0.4, -0.2) is 15.5 Å². The molecule has 28 heavy (non-hydrogen) atoms. The molecule has 0 bridgehead atoms. The molecule has 0 heterocycles. The van der Waals surface area contributed by atoms with Crippen LogP contribution in [0.4, 0.5) is 8.78 Å². The smallest absolute Gasteiger partial charge is 0.238 e. The molecule has 0 saturated carbocycles. The topological polar surface area (TPSA) is 69.4 Å². The number of methoxy groups -OCH3 is 1. The molecule has 0 radical (unpaired) electrons. The molecule has 0 saturated heterocycles. The van der Waals surface area contributed by atoms with Gasteiger partial charge in [-0.25, -0.2) is 22.3 Å². The van der Waals surface area contributed by atoms with E-state index in [1.54, 1.807) is 37.3 Å². The van der Waals surface area contributed by atoms with Crippen LogP contribution in [0.2, 0.25) is 0 Å². The Balaban J connectivity index is 2.23. The summed E-state index contributed by atoms with van der Waals surface area (Å²) in [6, 6.07) is 14.6. The highest BCUT2D eigenvalue weighted by atomic mass is 32.2. The van der Waals surface area contributed by atoms with E-state index >= 15 is 0 Å². The van der Waals surface area contributed by atoms with E-state index in [0.717, 1.165) is 18.2 Å². The van der Waals surface area contributed by atoms with Gasteiger partial charge in [0.15, 0.2) is 0 Å². The quantitative estimate of drug-likeness (QED) is 0.685. The summed E-state index contributed by atoms with van der Waals surface area (Å²) >= 11 is 0. The maximum Gasteiger partial charge on any atom is 0.238 e. The molecule has 0 spiro atoms. The van der Waals surface area contributed by atoms with Crippen molar-refractivity contribution in [2.75, 3.05) is 7.11 Å². The van der Waals surface area contributed by atoms with Crippen LogP contribution in [0.1, 0.15) is 24.0 Å². The van der Waals surface area contributed by atoms with Crippen LogP contribution >= 0.6 is 0 Å². The van der Waals surface area contributed by atoms with Crippen LogP contribution in [0, 0.1) is 11.6 Å². The highest BCUT2D eigenvalue weighted by Crippen LogP contribution is 2.37. The average Bonchev–Trinajstić information content (AvgIpc) is 2.68. The van der Waals surface area contributed by atoms with Gasteiger partial charge in [-0.3, -0.25) is 0 Å². The fourth-order valence-electron chi connectivity index (χ4n) is 3.24. The molecule has 3 aromatic rings. The van der Waals surface area contributed by atoms with Crippen LogP contribution in [0.15, 0.2) is 65.6 Å². The van der Waals surface area contributed by atoms with E-state index in [4.69, 9.17) is 9.88 Å². The Morgan fingerprint density at radius 2 is 1.64 bits per heavy atom. The van der Waals surface area contributed by atoms with Crippen LogP contribution in [0.25, 0.3) is 11.1 Å². The third-order valence-electron chi connectivity index (χ3n) is 4.64. The van der Waals surface area contributed by atoms with Gasteiger partial charge in [0.25, 0.3) is 0 Å². The first-order valence-electron chi connectivity index (χ1n) is 8.47. The third kappa shape index (κ3) is 3.90. The van der Waals surface area contributed by atoms with Crippen molar-refractivity contribution in [3.05, 3.63) is 83.4 Å². The molecule has 4 nitrogen and oxygen atoms in total. The van der Waals surface area contributed by atoms with Gasteiger partial charge in [0, 0.05) is 11.5 Å². The molecule has 2 N–H and O–H groups in total. The summed E-state index contributed by atoms with van der Waals surface area (Å²) in [5.74, 6) is -1.16. The predicted molar refractivity (Wildman–Crippen MR) is 104 cm³/mol. The van der Waals surface area contributed by atoms with E-state index in [2.05, 4.69) is 0 Å². The SMILES string of the molecule is COc1ccc(S(N)(=O)=O)c(C(C)c2ccccc2-c2cc(F)ccc2F)c1. The number of primary sulfonamides is 1. The van der Waals surface area contributed by atoms with Gasteiger partial charge < -0.3 is 4.74 Å². The van der Waals surface area contributed by atoms with E-state index < -0.39 is 27.6 Å². The normalized spacial score (nSPS) is 12.6. The summed E-state index contributed by atoms with van der Waals surface area (Å²) in [4.78, 5) is -0.0460. The Morgan fingerprint density at radius 1 is 0.929 bits per heavy atom. The van der Waals surface area contributed by atoms with Crippen LogP contribution in [0.3, 0.4) is 0 Å². The number of ether oxygens (including phenoxy) is 1. The Bertz CT molecular complexity index is 1130. The molecule has 3 rings (SSSR count). The summed E-state index contributed by atoms with van der Waals surface area (Å²) in [6.45, 7) is 1.78. The number of nitrogens with two attached hydrogens (primary N) is 1. The van der Waals surface area contributed by atoms with Gasteiger partial charge >= 0.3 is 0 Å². The molecular weight excluding hydrogens is 384 g/mol. The fourth-order valence-corrected chi connectivity index (χ4v) is 4.06. The Kier molecular flexibility index (Phi) is 5.49. The Morgan fingerprint density at radius 3 is 2.32 bits per heavy atom. The largest absolute Gasteiger partial charge is 0.497 e. The number of rotatable bonds is 5. The second kappa shape index (κ2) is 7.69. The summed E-state index contributed by atoms with van der Waals surface area (Å²) in [5, 5.41) is 5.38. The molecule has 1 atom stereocenters. The van der Waals surface area contributed by atoms with Gasteiger partial charge in [-0.2, -0.15) is 0 Å². The van der Waals surface area contributed by atoms with Crippen molar-refractivity contribution in [2.24, 2.45) is 5.14 Å². The lowest BCUT2D eigenvalue weighted by Crippen LogP contribution is -2.16. The lowest BCUT2D eigenvalue weighted by Gasteiger charge is -2.20. The summed E-state index contributed by atoms with van der Waals surface area (Å²) < 4.78 is 57.5. The van der Waals surface area contributed by atoms with Crippen molar-refractivity contribution >= 4 is 10.0 Å². The molecular formula is C21H19F2NO3S. The first-order chi connectivity index (χ1) is 13.2. The minimum Gasteiger partial charge on any atom is -0.497 e. The zero-order valence-corrected chi connectivity index (χ0v) is 16.1. The molecule has 0 amide bonds. The van der Waals surface area contributed by atoms with Crippen molar-refractivity contribution in [3.8, 4) is 16.9 Å². The second-order valence-corrected chi connectivity index (χ2v) is 7.91. The summed E-state index contributed by atoms with van der Waals surface area (Å²) in [6.07, 6.45) is 0. The minimum atomic E-state index is -3.99. The first kappa shape index (κ1) is 20.0. The van der Waals surface area contributed by atoms with Crippen LogP contribution < -0.4 is 9.88 Å². The molecule has 0 aliphatic carbocycles. The van der Waals surface area contributed by atoms with Crippen molar-refractivity contribution in [1.82, 2.24) is 0 Å². The van der Waals surface area contributed by atoms with Gasteiger partial charge in [0.05, 0.1) is 12.0 Å². The zero-order valence-electron chi connectivity index (χ0n) is 15.3. The van der Waals surface area contributed by atoms with E-state index in [1.165, 1.54) is 19.2 Å². The summed E-state index contributed by atoms with van der Waals surface area (Å²) in [5.41, 5.74) is 1.61. The molecule has 0 fully saturated rings. The van der Waals surface area contributed by atoms with Crippen molar-refractivity contribution < 1.29 is 21.9 Å². The van der Waals surface area contributed by atoms with Crippen molar-refractivity contribution in [3.63, 3.8) is 0 Å². The highest BCUT2D eigenvalue weighted by molar-refractivity contribution is 7.89. The second-order valence-electron chi connectivity index (χ2n) is 6.38. The summed E-state index contributed by atoms with van der Waals surface area (Å²) in [7, 11) is -2.52. The van der Waals surface area contributed by atoms with Crippen molar-refractivity contribution in [2.45, 2.75) is 17.7 Å². The van der Waals surface area contributed by atoms with Gasteiger partial charge in [-0.1, -0.05) is 31.2 Å². The third-order valence-corrected chi connectivity index (χ3v) is 5.62. The van der Waals surface area contributed by atoms with E-state index in [1.807, 2.05) is 0 Å². The molecule has 0 aliphatic heterocycles. The predicted octanol–water partition coefficient (Wildman–Crippen LogP) is 4.44. The minimum absolute atomic E-state index is 0.0460. The molecule has 0 aromatic heterocycles. The number of benzene rings is 3. The van der Waals surface area contributed by atoms with Gasteiger partial charge in [0.2, 0.25) is 10.0 Å². The first-order valence-corrected chi connectivity index (χ1v) is 10.0. The van der Waals surface area contributed by atoms with Crippen LogP contribution in [0.5, 0.6) is 5.75 Å². The Labute approximate surface area is 162 Å². The number of halogens is 2. The molecule has 0 aliphatic rings. The molecule has 146 valence electrons. The number of hydrogen-bond donors (Lipinski definition) is 1. The van der Waals surface area contributed by atoms with E-state index in [-0.39, 0.29) is 10.5 Å². The van der Waals surface area contributed by atoms with E-state index in [9.17, 15) is 17.2 Å². The maximum absolute atomic E-state index is 14.4. The van der Waals surface area contributed by atoms with Gasteiger partial charge in [-0.05, 0) is 53.1 Å². The molecule has 7 heteroatoms. The molecule has 3 aromatic carbocycles.